The molecule has 1 aliphatic rings. The molecule has 0 bridgehead atoms. The molecule has 0 fully saturated rings. The minimum absolute atomic E-state index is 0.907. The van der Waals surface area contributed by atoms with Gasteiger partial charge in [0.05, 0.1) is 16.8 Å². The van der Waals surface area contributed by atoms with Crippen molar-refractivity contribution in [3.05, 3.63) is 28.8 Å². The predicted molar refractivity (Wildman–Crippen MR) is 58.5 cm³/mol. The van der Waals surface area contributed by atoms with Gasteiger partial charge < -0.3 is 10.2 Å². The summed E-state index contributed by atoms with van der Waals surface area (Å²) >= 11 is 1.72. The van der Waals surface area contributed by atoms with Gasteiger partial charge in [-0.15, -0.1) is 11.3 Å². The van der Waals surface area contributed by atoms with Crippen LogP contribution in [0.3, 0.4) is 0 Å². The summed E-state index contributed by atoms with van der Waals surface area (Å²) in [5.41, 5.74) is 8.57. The Labute approximate surface area is 86.4 Å². The van der Waals surface area contributed by atoms with Crippen LogP contribution in [0.4, 0.5) is 5.00 Å². The second kappa shape index (κ2) is 2.89. The smallest absolute Gasteiger partial charge is 0.137 e. The van der Waals surface area contributed by atoms with E-state index in [0.717, 1.165) is 22.7 Å². The van der Waals surface area contributed by atoms with Gasteiger partial charge in [-0.2, -0.15) is 0 Å². The van der Waals surface area contributed by atoms with Gasteiger partial charge in [-0.05, 0) is 37.0 Å². The lowest BCUT2D eigenvalue weighted by atomic mass is 10.1. The number of nitrogens with two attached hydrogens (primary N) is 1. The van der Waals surface area contributed by atoms with Crippen LogP contribution in [0.25, 0.3) is 11.3 Å². The number of nitrogen functional groups attached to an aromatic ring is 1. The zero-order valence-electron chi connectivity index (χ0n) is 7.75. The van der Waals surface area contributed by atoms with Gasteiger partial charge in [-0.25, -0.2) is 0 Å². The highest BCUT2D eigenvalue weighted by molar-refractivity contribution is 7.16. The van der Waals surface area contributed by atoms with Crippen molar-refractivity contribution in [3.63, 3.8) is 0 Å². The van der Waals surface area contributed by atoms with E-state index in [9.17, 15) is 0 Å². The molecule has 0 radical (unpaired) electrons. The van der Waals surface area contributed by atoms with Gasteiger partial charge in [0.2, 0.25) is 0 Å². The molecule has 0 aromatic carbocycles. The van der Waals surface area contributed by atoms with Gasteiger partial charge in [0.25, 0.3) is 0 Å². The molecule has 0 amide bonds. The van der Waals surface area contributed by atoms with Crippen LogP contribution in [-0.4, -0.2) is 0 Å². The van der Waals surface area contributed by atoms with Crippen molar-refractivity contribution in [2.24, 2.45) is 0 Å². The molecule has 2 aromatic heterocycles. The topological polar surface area (TPSA) is 39.2 Å². The first-order chi connectivity index (χ1) is 6.86. The average Bonchev–Trinajstić information content (AvgIpc) is 2.78. The fourth-order valence-electron chi connectivity index (χ4n) is 2.12. The van der Waals surface area contributed by atoms with Crippen LogP contribution >= 0.6 is 11.3 Å². The predicted octanol–water partition coefficient (Wildman–Crippen LogP) is 3.08. The third kappa shape index (κ3) is 1.02. The maximum absolute atomic E-state index is 6.00. The zero-order chi connectivity index (χ0) is 9.54. The van der Waals surface area contributed by atoms with Crippen molar-refractivity contribution in [2.45, 2.75) is 19.3 Å². The standard InChI is InChI=1S/C11H11NOS/c12-11-10(8-4-2-6-13-8)7-3-1-5-9(7)14-11/h2,4,6H,1,3,5,12H2. The molecular formula is C11H11NOS. The Hall–Kier alpha value is -1.22. The SMILES string of the molecule is Nc1sc2c(c1-c1ccco1)CCC2. The van der Waals surface area contributed by atoms with Crippen LogP contribution in [0, 0.1) is 0 Å². The molecule has 2 heterocycles. The molecule has 2 N–H and O–H groups in total. The summed E-state index contributed by atoms with van der Waals surface area (Å²) in [7, 11) is 0. The fourth-order valence-corrected chi connectivity index (χ4v) is 3.28. The van der Waals surface area contributed by atoms with E-state index < -0.39 is 0 Å². The summed E-state index contributed by atoms with van der Waals surface area (Å²) in [6, 6.07) is 3.89. The van der Waals surface area contributed by atoms with Crippen molar-refractivity contribution < 1.29 is 4.42 Å². The lowest BCUT2D eigenvalue weighted by Gasteiger charge is -1.98. The lowest BCUT2D eigenvalue weighted by molar-refractivity contribution is 0.582. The second-order valence-electron chi connectivity index (χ2n) is 3.57. The van der Waals surface area contributed by atoms with E-state index in [4.69, 9.17) is 10.2 Å². The van der Waals surface area contributed by atoms with Crippen molar-refractivity contribution in [1.29, 1.82) is 0 Å². The molecule has 0 aliphatic heterocycles. The van der Waals surface area contributed by atoms with E-state index in [1.54, 1.807) is 17.6 Å². The summed E-state index contributed by atoms with van der Waals surface area (Å²) in [5.74, 6) is 0.918. The van der Waals surface area contributed by atoms with Gasteiger partial charge in [-0.1, -0.05) is 0 Å². The largest absolute Gasteiger partial charge is 0.464 e. The highest BCUT2D eigenvalue weighted by Crippen LogP contribution is 2.43. The summed E-state index contributed by atoms with van der Waals surface area (Å²) in [5, 5.41) is 0.907. The Bertz CT molecular complexity index is 456. The molecule has 2 nitrogen and oxygen atoms in total. The number of hydrogen-bond donors (Lipinski definition) is 1. The first-order valence-electron chi connectivity index (χ1n) is 4.80. The van der Waals surface area contributed by atoms with Gasteiger partial charge >= 0.3 is 0 Å². The Morgan fingerprint density at radius 2 is 2.29 bits per heavy atom. The maximum atomic E-state index is 6.00. The second-order valence-corrected chi connectivity index (χ2v) is 4.71. The highest BCUT2D eigenvalue weighted by Gasteiger charge is 2.22. The molecule has 0 saturated heterocycles. The summed E-state index contributed by atoms with van der Waals surface area (Å²) in [6.07, 6.45) is 5.30. The van der Waals surface area contributed by atoms with E-state index in [0.29, 0.717) is 0 Å². The van der Waals surface area contributed by atoms with Crippen molar-refractivity contribution in [2.75, 3.05) is 5.73 Å². The Morgan fingerprint density at radius 3 is 3.07 bits per heavy atom. The Kier molecular flexibility index (Phi) is 1.67. The molecule has 0 saturated carbocycles. The Balaban J connectivity index is 2.22. The lowest BCUT2D eigenvalue weighted by Crippen LogP contribution is -1.86. The van der Waals surface area contributed by atoms with Crippen molar-refractivity contribution in [3.8, 4) is 11.3 Å². The van der Waals surface area contributed by atoms with Crippen LogP contribution in [0.15, 0.2) is 22.8 Å². The minimum atomic E-state index is 0.907. The van der Waals surface area contributed by atoms with E-state index in [1.807, 2.05) is 12.1 Å². The number of thiophene rings is 1. The quantitative estimate of drug-likeness (QED) is 0.777. The first kappa shape index (κ1) is 8.12. The van der Waals surface area contributed by atoms with Crippen LogP contribution in [-0.2, 0) is 12.8 Å². The molecule has 1 aliphatic carbocycles. The summed E-state index contributed by atoms with van der Waals surface area (Å²) < 4.78 is 5.41. The van der Waals surface area contributed by atoms with Gasteiger partial charge in [-0.3, -0.25) is 0 Å². The van der Waals surface area contributed by atoms with E-state index in [2.05, 4.69) is 0 Å². The van der Waals surface area contributed by atoms with Crippen molar-refractivity contribution in [1.82, 2.24) is 0 Å². The third-order valence-corrected chi connectivity index (χ3v) is 3.84. The Morgan fingerprint density at radius 1 is 1.36 bits per heavy atom. The number of anilines is 1. The van der Waals surface area contributed by atoms with Gasteiger partial charge in [0, 0.05) is 4.88 Å². The number of hydrogen-bond acceptors (Lipinski definition) is 3. The number of aryl methyl sites for hydroxylation is 1. The maximum Gasteiger partial charge on any atom is 0.137 e. The molecule has 14 heavy (non-hydrogen) atoms. The van der Waals surface area contributed by atoms with Crippen LogP contribution in [0.5, 0.6) is 0 Å². The van der Waals surface area contributed by atoms with Crippen LogP contribution in [0.1, 0.15) is 16.9 Å². The van der Waals surface area contributed by atoms with E-state index >= 15 is 0 Å². The fraction of sp³-hybridized carbons (Fsp3) is 0.273. The first-order valence-corrected chi connectivity index (χ1v) is 5.62. The normalized spacial score (nSPS) is 14.6. The van der Waals surface area contributed by atoms with Crippen LogP contribution < -0.4 is 5.73 Å². The molecule has 72 valence electrons. The molecular weight excluding hydrogens is 194 g/mol. The average molecular weight is 205 g/mol. The summed E-state index contributed by atoms with van der Waals surface area (Å²) in [6.45, 7) is 0. The molecule has 3 heteroatoms. The van der Waals surface area contributed by atoms with E-state index in [-0.39, 0.29) is 0 Å². The molecule has 3 rings (SSSR count). The monoisotopic (exact) mass is 205 g/mol. The highest BCUT2D eigenvalue weighted by atomic mass is 32.1. The van der Waals surface area contributed by atoms with Crippen LogP contribution in [0.2, 0.25) is 0 Å². The molecule has 0 spiro atoms. The number of furan rings is 1. The molecule has 2 aromatic rings. The van der Waals surface area contributed by atoms with Gasteiger partial charge in [0.1, 0.15) is 5.76 Å². The zero-order valence-corrected chi connectivity index (χ0v) is 8.56. The van der Waals surface area contributed by atoms with Gasteiger partial charge in [0.15, 0.2) is 0 Å². The summed E-state index contributed by atoms with van der Waals surface area (Å²) in [4.78, 5) is 1.45. The van der Waals surface area contributed by atoms with Crippen molar-refractivity contribution >= 4 is 16.3 Å². The van der Waals surface area contributed by atoms with E-state index in [1.165, 1.54) is 23.3 Å². The minimum Gasteiger partial charge on any atom is -0.464 e. The third-order valence-electron chi connectivity index (χ3n) is 2.72. The molecule has 0 unspecified atom stereocenters. The number of fused-ring (bicyclic) bond motifs is 1. The number of rotatable bonds is 1. The molecule has 0 atom stereocenters.